The van der Waals surface area contributed by atoms with E-state index in [4.69, 9.17) is 15.0 Å². The van der Waals surface area contributed by atoms with Crippen LogP contribution >= 0.6 is 0 Å². The fourth-order valence-corrected chi connectivity index (χ4v) is 1.71. The van der Waals surface area contributed by atoms with Crippen LogP contribution in [0.3, 0.4) is 0 Å². The normalized spacial score (nSPS) is 10.2. The third-order valence-corrected chi connectivity index (χ3v) is 2.76. The molecule has 0 bridgehead atoms. The average molecular weight is 291 g/mol. The summed E-state index contributed by atoms with van der Waals surface area (Å²) in [5.41, 5.74) is 2.59. The standard InChI is InChI=1S/C13H13N3O5/c1-8-6-9(16(18)19)2-4-11(8)20-7-10-3-5-12(21-10)13(17)15-14/h2-6H,7,14H2,1H3,(H,15,17). The van der Waals surface area contributed by atoms with Crippen LogP contribution in [0.4, 0.5) is 5.69 Å². The van der Waals surface area contributed by atoms with Crippen LogP contribution in [-0.2, 0) is 6.61 Å². The molecule has 8 heteroatoms. The van der Waals surface area contributed by atoms with Gasteiger partial charge in [0.25, 0.3) is 5.69 Å². The fraction of sp³-hybridized carbons (Fsp3) is 0.154. The Morgan fingerprint density at radius 3 is 2.81 bits per heavy atom. The molecule has 2 rings (SSSR count). The molecule has 8 nitrogen and oxygen atoms in total. The van der Waals surface area contributed by atoms with E-state index in [1.165, 1.54) is 24.3 Å². The van der Waals surface area contributed by atoms with Crippen molar-refractivity contribution in [3.63, 3.8) is 0 Å². The number of nitro groups is 1. The highest BCUT2D eigenvalue weighted by atomic mass is 16.6. The summed E-state index contributed by atoms with van der Waals surface area (Å²) in [6.07, 6.45) is 0. The van der Waals surface area contributed by atoms with E-state index >= 15 is 0 Å². The summed E-state index contributed by atoms with van der Waals surface area (Å²) in [5.74, 6) is 5.47. The Kier molecular flexibility index (Phi) is 4.19. The predicted octanol–water partition coefficient (Wildman–Crippen LogP) is 1.68. The lowest BCUT2D eigenvalue weighted by Gasteiger charge is -2.07. The van der Waals surface area contributed by atoms with Crippen LogP contribution in [0.1, 0.15) is 21.9 Å². The van der Waals surface area contributed by atoms with Crippen molar-refractivity contribution in [3.8, 4) is 5.75 Å². The first-order valence-electron chi connectivity index (χ1n) is 5.98. The Hall–Kier alpha value is -2.87. The van der Waals surface area contributed by atoms with Crippen molar-refractivity contribution in [3.05, 3.63) is 57.5 Å². The third kappa shape index (κ3) is 3.37. The van der Waals surface area contributed by atoms with Gasteiger partial charge in [-0.2, -0.15) is 0 Å². The third-order valence-electron chi connectivity index (χ3n) is 2.76. The average Bonchev–Trinajstić information content (AvgIpc) is 2.93. The van der Waals surface area contributed by atoms with Gasteiger partial charge in [-0.3, -0.25) is 20.3 Å². The van der Waals surface area contributed by atoms with E-state index in [0.717, 1.165) is 0 Å². The SMILES string of the molecule is Cc1cc([N+](=O)[O-])ccc1OCc1ccc(C(=O)NN)o1. The number of amides is 1. The number of hydrazine groups is 1. The zero-order valence-corrected chi connectivity index (χ0v) is 11.2. The molecule has 0 spiro atoms. The van der Waals surface area contributed by atoms with Gasteiger partial charge in [-0.15, -0.1) is 0 Å². The van der Waals surface area contributed by atoms with Crippen LogP contribution in [0.2, 0.25) is 0 Å². The molecule has 2 aromatic rings. The molecule has 0 radical (unpaired) electrons. The number of nitro benzene ring substituents is 1. The minimum Gasteiger partial charge on any atom is -0.485 e. The van der Waals surface area contributed by atoms with E-state index in [2.05, 4.69) is 0 Å². The number of ether oxygens (including phenoxy) is 1. The lowest BCUT2D eigenvalue weighted by molar-refractivity contribution is -0.384. The zero-order valence-electron chi connectivity index (χ0n) is 11.2. The molecule has 0 atom stereocenters. The van der Waals surface area contributed by atoms with Crippen molar-refractivity contribution in [2.45, 2.75) is 13.5 Å². The number of aryl methyl sites for hydroxylation is 1. The first-order chi connectivity index (χ1) is 10.0. The molecule has 1 aromatic carbocycles. The van der Waals surface area contributed by atoms with Crippen molar-refractivity contribution in [1.82, 2.24) is 5.43 Å². The second-order valence-corrected chi connectivity index (χ2v) is 4.24. The number of rotatable bonds is 5. The van der Waals surface area contributed by atoms with E-state index in [1.54, 1.807) is 13.0 Å². The van der Waals surface area contributed by atoms with Crippen LogP contribution in [0, 0.1) is 17.0 Å². The molecule has 21 heavy (non-hydrogen) atoms. The maximum atomic E-state index is 11.2. The zero-order chi connectivity index (χ0) is 15.4. The first-order valence-corrected chi connectivity index (χ1v) is 5.98. The number of nitrogens with one attached hydrogen (secondary N) is 1. The summed E-state index contributed by atoms with van der Waals surface area (Å²) in [6, 6.07) is 7.36. The van der Waals surface area contributed by atoms with Crippen molar-refractivity contribution >= 4 is 11.6 Å². The van der Waals surface area contributed by atoms with Crippen LogP contribution < -0.4 is 16.0 Å². The van der Waals surface area contributed by atoms with Crippen molar-refractivity contribution in [1.29, 1.82) is 0 Å². The Bertz CT molecular complexity index is 680. The Morgan fingerprint density at radius 2 is 2.19 bits per heavy atom. The largest absolute Gasteiger partial charge is 0.485 e. The number of hydrogen-bond donors (Lipinski definition) is 2. The van der Waals surface area contributed by atoms with Gasteiger partial charge in [-0.25, -0.2) is 5.84 Å². The molecular weight excluding hydrogens is 278 g/mol. The predicted molar refractivity (Wildman–Crippen MR) is 72.5 cm³/mol. The van der Waals surface area contributed by atoms with Gasteiger partial charge in [-0.05, 0) is 30.7 Å². The Balaban J connectivity index is 2.04. The number of hydrogen-bond acceptors (Lipinski definition) is 6. The van der Waals surface area contributed by atoms with Gasteiger partial charge in [0.1, 0.15) is 18.1 Å². The van der Waals surface area contributed by atoms with E-state index in [1.807, 2.05) is 5.43 Å². The molecule has 0 unspecified atom stereocenters. The maximum Gasteiger partial charge on any atom is 0.300 e. The van der Waals surface area contributed by atoms with Gasteiger partial charge in [0.05, 0.1) is 4.92 Å². The van der Waals surface area contributed by atoms with Crippen LogP contribution in [0.5, 0.6) is 5.75 Å². The molecule has 0 aliphatic carbocycles. The van der Waals surface area contributed by atoms with E-state index in [0.29, 0.717) is 17.1 Å². The first kappa shape index (κ1) is 14.5. The Morgan fingerprint density at radius 1 is 1.43 bits per heavy atom. The quantitative estimate of drug-likeness (QED) is 0.374. The summed E-state index contributed by atoms with van der Waals surface area (Å²) < 4.78 is 10.7. The fourth-order valence-electron chi connectivity index (χ4n) is 1.71. The van der Waals surface area contributed by atoms with Crippen molar-refractivity contribution in [2.75, 3.05) is 0 Å². The summed E-state index contributed by atoms with van der Waals surface area (Å²) >= 11 is 0. The van der Waals surface area contributed by atoms with Crippen LogP contribution in [0.25, 0.3) is 0 Å². The molecule has 3 N–H and O–H groups in total. The molecule has 0 saturated carbocycles. The maximum absolute atomic E-state index is 11.2. The van der Waals surface area contributed by atoms with Gasteiger partial charge >= 0.3 is 5.91 Å². The molecule has 0 saturated heterocycles. The van der Waals surface area contributed by atoms with E-state index < -0.39 is 10.8 Å². The monoisotopic (exact) mass is 291 g/mol. The van der Waals surface area contributed by atoms with Gasteiger partial charge < -0.3 is 9.15 Å². The number of furan rings is 1. The van der Waals surface area contributed by atoms with Crippen molar-refractivity contribution in [2.24, 2.45) is 5.84 Å². The highest BCUT2D eigenvalue weighted by Crippen LogP contribution is 2.24. The summed E-state index contributed by atoms with van der Waals surface area (Å²) in [4.78, 5) is 21.4. The molecule has 1 heterocycles. The summed E-state index contributed by atoms with van der Waals surface area (Å²) in [5, 5.41) is 10.6. The number of benzene rings is 1. The molecule has 0 aliphatic heterocycles. The lowest BCUT2D eigenvalue weighted by Crippen LogP contribution is -2.29. The van der Waals surface area contributed by atoms with Crippen LogP contribution in [0.15, 0.2) is 34.7 Å². The number of nitrogens with zero attached hydrogens (tertiary/aromatic N) is 1. The van der Waals surface area contributed by atoms with Gasteiger partial charge in [0.15, 0.2) is 5.76 Å². The molecular formula is C13H13N3O5. The molecule has 0 aliphatic rings. The molecule has 110 valence electrons. The van der Waals surface area contributed by atoms with Crippen molar-refractivity contribution < 1.29 is 18.9 Å². The number of nitrogens with two attached hydrogens (primary N) is 1. The minimum absolute atomic E-state index is 0.000230. The Labute approximate surface area is 119 Å². The van der Waals surface area contributed by atoms with Gasteiger partial charge in [-0.1, -0.05) is 0 Å². The summed E-state index contributed by atoms with van der Waals surface area (Å²) in [6.45, 7) is 1.80. The minimum atomic E-state index is -0.534. The highest BCUT2D eigenvalue weighted by Gasteiger charge is 2.12. The molecule has 1 aromatic heterocycles. The summed E-state index contributed by atoms with van der Waals surface area (Å²) in [7, 11) is 0. The topological polar surface area (TPSA) is 121 Å². The lowest BCUT2D eigenvalue weighted by atomic mass is 10.2. The van der Waals surface area contributed by atoms with Gasteiger partial charge in [0.2, 0.25) is 0 Å². The number of non-ortho nitro benzene ring substituents is 1. The smallest absolute Gasteiger partial charge is 0.300 e. The van der Waals surface area contributed by atoms with Crippen LogP contribution in [-0.4, -0.2) is 10.8 Å². The van der Waals surface area contributed by atoms with Gasteiger partial charge in [0, 0.05) is 12.1 Å². The second-order valence-electron chi connectivity index (χ2n) is 4.24. The number of nitrogen functional groups attached to an aromatic ring is 1. The number of carbonyl (C=O) groups excluding carboxylic acids is 1. The molecule has 1 amide bonds. The molecule has 0 fully saturated rings. The highest BCUT2D eigenvalue weighted by molar-refractivity contribution is 5.90. The second kappa shape index (κ2) is 6.06. The number of carbonyl (C=O) groups is 1. The van der Waals surface area contributed by atoms with E-state index in [9.17, 15) is 14.9 Å². The van der Waals surface area contributed by atoms with E-state index in [-0.39, 0.29) is 18.1 Å².